The monoisotopic (exact) mass is 280 g/mol. The van der Waals surface area contributed by atoms with Crippen LogP contribution in [-0.4, -0.2) is 36.1 Å². The molecule has 0 aromatic rings. The third-order valence-electron chi connectivity index (χ3n) is 5.82. The standard InChI is InChI=1S/C18H36N2/c1-5-16(6-2)20-13-17(15-10-8-7-9-11-15)19-12-18(20)14(3)4/h14-19H,5-13H2,1-4H3. The molecule has 1 aliphatic heterocycles. The molecule has 2 fully saturated rings. The van der Waals surface area contributed by atoms with Gasteiger partial charge in [-0.15, -0.1) is 0 Å². The van der Waals surface area contributed by atoms with Gasteiger partial charge in [-0.2, -0.15) is 0 Å². The maximum absolute atomic E-state index is 3.91. The maximum Gasteiger partial charge on any atom is 0.0247 e. The van der Waals surface area contributed by atoms with Gasteiger partial charge in [0.2, 0.25) is 0 Å². The predicted molar refractivity (Wildman–Crippen MR) is 88.1 cm³/mol. The number of nitrogens with one attached hydrogen (secondary N) is 1. The van der Waals surface area contributed by atoms with Crippen molar-refractivity contribution in [1.82, 2.24) is 10.2 Å². The van der Waals surface area contributed by atoms with Crippen LogP contribution in [-0.2, 0) is 0 Å². The minimum atomic E-state index is 0.736. The van der Waals surface area contributed by atoms with Crippen LogP contribution in [0.2, 0.25) is 0 Å². The summed E-state index contributed by atoms with van der Waals surface area (Å²) in [5.74, 6) is 1.70. The molecular formula is C18H36N2. The van der Waals surface area contributed by atoms with Crippen molar-refractivity contribution in [2.75, 3.05) is 13.1 Å². The van der Waals surface area contributed by atoms with Gasteiger partial charge >= 0.3 is 0 Å². The quantitative estimate of drug-likeness (QED) is 0.817. The highest BCUT2D eigenvalue weighted by molar-refractivity contribution is 4.93. The van der Waals surface area contributed by atoms with Gasteiger partial charge in [-0.1, -0.05) is 47.0 Å². The molecule has 0 bridgehead atoms. The van der Waals surface area contributed by atoms with Crippen LogP contribution in [0.3, 0.4) is 0 Å². The Morgan fingerprint density at radius 3 is 2.25 bits per heavy atom. The Morgan fingerprint density at radius 1 is 1.05 bits per heavy atom. The topological polar surface area (TPSA) is 15.3 Å². The number of nitrogens with zero attached hydrogens (tertiary/aromatic N) is 1. The molecule has 20 heavy (non-hydrogen) atoms. The van der Waals surface area contributed by atoms with E-state index in [1.54, 1.807) is 0 Å². The molecule has 118 valence electrons. The summed E-state index contributed by atoms with van der Waals surface area (Å²) in [6.45, 7) is 12.0. The fraction of sp³-hybridized carbons (Fsp3) is 1.00. The largest absolute Gasteiger partial charge is 0.311 e. The number of hydrogen-bond acceptors (Lipinski definition) is 2. The van der Waals surface area contributed by atoms with Gasteiger partial charge in [0.05, 0.1) is 0 Å². The van der Waals surface area contributed by atoms with E-state index in [0.29, 0.717) is 0 Å². The normalized spacial score (nSPS) is 30.3. The Hall–Kier alpha value is -0.0800. The van der Waals surface area contributed by atoms with Gasteiger partial charge in [-0.3, -0.25) is 4.90 Å². The van der Waals surface area contributed by atoms with Crippen LogP contribution in [0, 0.1) is 11.8 Å². The van der Waals surface area contributed by atoms with E-state index in [0.717, 1.165) is 30.0 Å². The van der Waals surface area contributed by atoms with E-state index in [2.05, 4.69) is 37.9 Å². The van der Waals surface area contributed by atoms with Gasteiger partial charge in [-0.25, -0.2) is 0 Å². The first-order chi connectivity index (χ1) is 9.67. The molecular weight excluding hydrogens is 244 g/mol. The molecule has 0 aromatic heterocycles. The van der Waals surface area contributed by atoms with E-state index in [1.807, 2.05) is 0 Å². The zero-order valence-corrected chi connectivity index (χ0v) is 14.2. The first-order valence-corrected chi connectivity index (χ1v) is 9.16. The lowest BCUT2D eigenvalue weighted by atomic mass is 9.81. The maximum atomic E-state index is 3.91. The summed E-state index contributed by atoms with van der Waals surface area (Å²) >= 11 is 0. The number of rotatable bonds is 5. The van der Waals surface area contributed by atoms with Crippen LogP contribution >= 0.6 is 0 Å². The van der Waals surface area contributed by atoms with Gasteiger partial charge in [-0.05, 0) is 37.5 Å². The lowest BCUT2D eigenvalue weighted by Crippen LogP contribution is -2.62. The summed E-state index contributed by atoms with van der Waals surface area (Å²) in [6.07, 6.45) is 9.91. The van der Waals surface area contributed by atoms with Crippen molar-refractivity contribution in [3.63, 3.8) is 0 Å². The minimum Gasteiger partial charge on any atom is -0.311 e. The second kappa shape index (κ2) is 7.79. The van der Waals surface area contributed by atoms with Gasteiger partial charge in [0.25, 0.3) is 0 Å². The summed E-state index contributed by atoms with van der Waals surface area (Å²) in [7, 11) is 0. The molecule has 0 amide bonds. The smallest absolute Gasteiger partial charge is 0.0247 e. The SMILES string of the molecule is CCC(CC)N1CC(C2CCCCC2)NCC1C(C)C. The fourth-order valence-electron chi connectivity index (χ4n) is 4.46. The molecule has 0 spiro atoms. The van der Waals surface area contributed by atoms with Crippen LogP contribution in [0.25, 0.3) is 0 Å². The Kier molecular flexibility index (Phi) is 6.35. The van der Waals surface area contributed by atoms with E-state index in [9.17, 15) is 0 Å². The second-order valence-corrected chi connectivity index (χ2v) is 7.39. The average Bonchev–Trinajstić information content (AvgIpc) is 2.49. The second-order valence-electron chi connectivity index (χ2n) is 7.39. The summed E-state index contributed by atoms with van der Waals surface area (Å²) in [6, 6.07) is 2.28. The van der Waals surface area contributed by atoms with Crippen molar-refractivity contribution in [1.29, 1.82) is 0 Å². The zero-order chi connectivity index (χ0) is 14.5. The van der Waals surface area contributed by atoms with Crippen LogP contribution in [0.1, 0.15) is 72.6 Å². The third-order valence-corrected chi connectivity index (χ3v) is 5.82. The van der Waals surface area contributed by atoms with E-state index in [4.69, 9.17) is 0 Å². The molecule has 0 aromatic carbocycles. The van der Waals surface area contributed by atoms with Crippen molar-refractivity contribution in [2.24, 2.45) is 11.8 Å². The first kappa shape index (κ1) is 16.3. The highest BCUT2D eigenvalue weighted by atomic mass is 15.3. The highest BCUT2D eigenvalue weighted by Crippen LogP contribution is 2.30. The molecule has 1 saturated heterocycles. The van der Waals surface area contributed by atoms with Gasteiger partial charge in [0.1, 0.15) is 0 Å². The summed E-state index contributed by atoms with van der Waals surface area (Å²) in [5, 5.41) is 3.91. The molecule has 2 unspecified atom stereocenters. The highest BCUT2D eigenvalue weighted by Gasteiger charge is 2.36. The molecule has 2 aliphatic rings. The van der Waals surface area contributed by atoms with E-state index in [-0.39, 0.29) is 0 Å². The Morgan fingerprint density at radius 2 is 1.70 bits per heavy atom. The summed E-state index contributed by atoms with van der Waals surface area (Å²) in [5.41, 5.74) is 0. The van der Waals surface area contributed by atoms with Gasteiger partial charge in [0, 0.05) is 31.2 Å². The Bertz CT molecular complexity index is 267. The molecule has 2 heteroatoms. The average molecular weight is 280 g/mol. The molecule has 1 saturated carbocycles. The van der Waals surface area contributed by atoms with Crippen molar-refractivity contribution < 1.29 is 0 Å². The third kappa shape index (κ3) is 3.76. The summed E-state index contributed by atoms with van der Waals surface area (Å²) < 4.78 is 0. The molecule has 2 atom stereocenters. The molecule has 2 rings (SSSR count). The molecule has 1 heterocycles. The minimum absolute atomic E-state index is 0.736. The van der Waals surface area contributed by atoms with Gasteiger partial charge < -0.3 is 5.32 Å². The fourth-order valence-corrected chi connectivity index (χ4v) is 4.46. The van der Waals surface area contributed by atoms with Crippen LogP contribution < -0.4 is 5.32 Å². The van der Waals surface area contributed by atoms with E-state index in [1.165, 1.54) is 58.0 Å². The van der Waals surface area contributed by atoms with Gasteiger partial charge in [0.15, 0.2) is 0 Å². The van der Waals surface area contributed by atoms with Crippen molar-refractivity contribution in [3.05, 3.63) is 0 Å². The van der Waals surface area contributed by atoms with E-state index >= 15 is 0 Å². The molecule has 2 nitrogen and oxygen atoms in total. The number of piperazine rings is 1. The lowest BCUT2D eigenvalue weighted by Gasteiger charge is -2.48. The van der Waals surface area contributed by atoms with Crippen LogP contribution in [0.5, 0.6) is 0 Å². The molecule has 0 radical (unpaired) electrons. The Balaban J connectivity index is 2.02. The van der Waals surface area contributed by atoms with Crippen molar-refractivity contribution >= 4 is 0 Å². The van der Waals surface area contributed by atoms with Crippen LogP contribution in [0.4, 0.5) is 0 Å². The lowest BCUT2D eigenvalue weighted by molar-refractivity contribution is 0.0333. The first-order valence-electron chi connectivity index (χ1n) is 9.16. The van der Waals surface area contributed by atoms with Crippen LogP contribution in [0.15, 0.2) is 0 Å². The Labute approximate surface area is 126 Å². The molecule has 1 N–H and O–H groups in total. The predicted octanol–water partition coefficient (Wildman–Crippen LogP) is 4.05. The van der Waals surface area contributed by atoms with Crippen molar-refractivity contribution in [3.8, 4) is 0 Å². The van der Waals surface area contributed by atoms with Crippen molar-refractivity contribution in [2.45, 2.75) is 90.8 Å². The van der Waals surface area contributed by atoms with E-state index < -0.39 is 0 Å². The molecule has 1 aliphatic carbocycles. The zero-order valence-electron chi connectivity index (χ0n) is 14.2. The number of hydrogen-bond donors (Lipinski definition) is 1. The summed E-state index contributed by atoms with van der Waals surface area (Å²) in [4.78, 5) is 2.86.